The van der Waals surface area contributed by atoms with Gasteiger partial charge in [0.2, 0.25) is 0 Å². The number of halogens is 1. The zero-order valence-electron chi connectivity index (χ0n) is 7.28. The van der Waals surface area contributed by atoms with E-state index >= 15 is 0 Å². The molecule has 0 aromatic heterocycles. The molecule has 2 nitrogen and oxygen atoms in total. The van der Waals surface area contributed by atoms with E-state index in [0.29, 0.717) is 12.8 Å². The third-order valence-electron chi connectivity index (χ3n) is 1.23. The van der Waals surface area contributed by atoms with Crippen molar-refractivity contribution in [3.05, 3.63) is 0 Å². The highest BCUT2D eigenvalue weighted by Gasteiger charge is 2.04. The van der Waals surface area contributed by atoms with Gasteiger partial charge in [0.25, 0.3) is 0 Å². The molecule has 1 atom stereocenters. The van der Waals surface area contributed by atoms with Gasteiger partial charge in [-0.25, -0.2) is 0 Å². The quantitative estimate of drug-likeness (QED) is 0.269. The number of hydrogen-bond acceptors (Lipinski definition) is 4. The first-order valence-corrected chi connectivity index (χ1v) is 6.92. The Morgan fingerprint density at radius 2 is 1.92 bits per heavy atom. The zero-order valence-corrected chi connectivity index (χ0v) is 9.67. The average molecular weight is 241 g/mol. The van der Waals surface area contributed by atoms with Crippen LogP contribution in [0.2, 0.25) is 0 Å². The van der Waals surface area contributed by atoms with Crippen molar-refractivity contribution in [2.24, 2.45) is 0 Å². The first kappa shape index (κ1) is 13.3. The molecule has 0 N–H and O–H groups in total. The molecule has 0 aromatic rings. The highest BCUT2D eigenvalue weighted by Crippen LogP contribution is 2.32. The summed E-state index contributed by atoms with van der Waals surface area (Å²) in [6, 6.07) is 0. The van der Waals surface area contributed by atoms with E-state index in [4.69, 9.17) is 11.6 Å². The molecular weight excluding hydrogens is 228 g/mol. The van der Waals surface area contributed by atoms with E-state index in [1.165, 1.54) is 0 Å². The van der Waals surface area contributed by atoms with Gasteiger partial charge in [-0.05, 0) is 12.8 Å². The van der Waals surface area contributed by atoms with Gasteiger partial charge in [-0.2, -0.15) is 0 Å². The fraction of sp³-hybridized carbons (Fsp3) is 0.750. The number of carbonyl (C=O) groups is 2. The molecule has 0 aliphatic carbocycles. The summed E-state index contributed by atoms with van der Waals surface area (Å²) in [5.74, 6) is 0.938. The lowest BCUT2D eigenvalue weighted by molar-refractivity contribution is -0.108. The maximum atomic E-state index is 10.0. The van der Waals surface area contributed by atoms with E-state index in [9.17, 15) is 9.59 Å². The van der Waals surface area contributed by atoms with Gasteiger partial charge < -0.3 is 9.59 Å². The van der Waals surface area contributed by atoms with Crippen LogP contribution in [0.1, 0.15) is 25.7 Å². The topological polar surface area (TPSA) is 34.1 Å². The van der Waals surface area contributed by atoms with Gasteiger partial charge in [-0.3, -0.25) is 0 Å². The van der Waals surface area contributed by atoms with E-state index in [2.05, 4.69) is 0 Å². The SMILES string of the molecule is O=CCCCSSC(Cl)CCC=O. The highest BCUT2D eigenvalue weighted by molar-refractivity contribution is 8.77. The fourth-order valence-electron chi connectivity index (χ4n) is 0.595. The number of aldehydes is 2. The lowest BCUT2D eigenvalue weighted by Gasteiger charge is -2.04. The Bertz CT molecular complexity index is 144. The Hall–Kier alpha value is 0.330. The zero-order chi connectivity index (χ0) is 9.94. The van der Waals surface area contributed by atoms with Gasteiger partial charge in [0.05, 0.1) is 4.71 Å². The van der Waals surface area contributed by atoms with Gasteiger partial charge in [-0.15, -0.1) is 11.6 Å². The summed E-state index contributed by atoms with van der Waals surface area (Å²) in [4.78, 5) is 20.0. The van der Waals surface area contributed by atoms with E-state index in [1.54, 1.807) is 21.6 Å². The predicted molar refractivity (Wildman–Crippen MR) is 60.3 cm³/mol. The summed E-state index contributed by atoms with van der Waals surface area (Å²) < 4.78 is 0.00595. The Morgan fingerprint density at radius 1 is 1.23 bits per heavy atom. The Kier molecular flexibility index (Phi) is 10.7. The molecule has 0 amide bonds. The number of alkyl halides is 1. The fourth-order valence-corrected chi connectivity index (χ4v) is 3.32. The number of unbranched alkanes of at least 4 members (excludes halogenated alkanes) is 1. The molecule has 0 spiro atoms. The van der Waals surface area contributed by atoms with E-state index in [1.807, 2.05) is 0 Å². The second-order valence-corrected chi connectivity index (χ2v) is 5.86. The minimum absolute atomic E-state index is 0.00595. The van der Waals surface area contributed by atoms with Gasteiger partial charge in [0.15, 0.2) is 0 Å². The van der Waals surface area contributed by atoms with Gasteiger partial charge >= 0.3 is 0 Å². The summed E-state index contributed by atoms with van der Waals surface area (Å²) in [6.45, 7) is 0. The summed E-state index contributed by atoms with van der Waals surface area (Å²) in [6.07, 6.45) is 4.57. The smallest absolute Gasteiger partial charge is 0.120 e. The molecule has 5 heteroatoms. The van der Waals surface area contributed by atoms with Crippen molar-refractivity contribution in [2.45, 2.75) is 30.4 Å². The van der Waals surface area contributed by atoms with Crippen molar-refractivity contribution in [1.82, 2.24) is 0 Å². The van der Waals surface area contributed by atoms with Gasteiger partial charge in [0, 0.05) is 18.6 Å². The molecule has 0 rings (SSSR count). The molecule has 0 radical (unpaired) electrons. The monoisotopic (exact) mass is 240 g/mol. The Labute approximate surface area is 91.6 Å². The first-order valence-electron chi connectivity index (χ1n) is 4.11. The molecule has 0 heterocycles. The Morgan fingerprint density at radius 3 is 2.54 bits per heavy atom. The molecule has 0 aliphatic rings. The lowest BCUT2D eigenvalue weighted by Crippen LogP contribution is -1.90. The van der Waals surface area contributed by atoms with Crippen LogP contribution in [0, 0.1) is 0 Å². The minimum Gasteiger partial charge on any atom is -0.303 e. The normalized spacial score (nSPS) is 12.4. The molecule has 76 valence electrons. The van der Waals surface area contributed by atoms with Crippen molar-refractivity contribution in [3.63, 3.8) is 0 Å². The maximum absolute atomic E-state index is 10.0. The third-order valence-corrected chi connectivity index (χ3v) is 4.68. The molecule has 0 aliphatic heterocycles. The van der Waals surface area contributed by atoms with Crippen LogP contribution in [0.15, 0.2) is 0 Å². The molecule has 1 unspecified atom stereocenters. The summed E-state index contributed by atoms with van der Waals surface area (Å²) in [7, 11) is 3.24. The summed E-state index contributed by atoms with van der Waals surface area (Å²) in [5, 5.41) is 0. The highest BCUT2D eigenvalue weighted by atomic mass is 35.5. The van der Waals surface area contributed by atoms with Crippen LogP contribution < -0.4 is 0 Å². The van der Waals surface area contributed by atoms with E-state index in [-0.39, 0.29) is 4.71 Å². The first-order chi connectivity index (χ1) is 6.31. The van der Waals surface area contributed by atoms with Crippen molar-refractivity contribution < 1.29 is 9.59 Å². The van der Waals surface area contributed by atoms with E-state index in [0.717, 1.165) is 31.2 Å². The molecule has 13 heavy (non-hydrogen) atoms. The molecule has 0 bridgehead atoms. The van der Waals surface area contributed by atoms with Crippen LogP contribution in [0.5, 0.6) is 0 Å². The number of hydrogen-bond donors (Lipinski definition) is 0. The van der Waals surface area contributed by atoms with Crippen LogP contribution in [-0.2, 0) is 9.59 Å². The number of rotatable bonds is 9. The minimum atomic E-state index is 0.00595. The van der Waals surface area contributed by atoms with Crippen molar-refractivity contribution in [1.29, 1.82) is 0 Å². The summed E-state index contributed by atoms with van der Waals surface area (Å²) >= 11 is 5.89. The molecule has 0 saturated heterocycles. The van der Waals surface area contributed by atoms with Gasteiger partial charge in [-0.1, -0.05) is 21.6 Å². The van der Waals surface area contributed by atoms with Crippen LogP contribution in [0.4, 0.5) is 0 Å². The van der Waals surface area contributed by atoms with Crippen molar-refractivity contribution in [2.75, 3.05) is 5.75 Å². The second-order valence-electron chi connectivity index (χ2n) is 2.38. The van der Waals surface area contributed by atoms with Crippen LogP contribution in [0.3, 0.4) is 0 Å². The van der Waals surface area contributed by atoms with Crippen molar-refractivity contribution in [3.8, 4) is 0 Å². The molecule has 0 aromatic carbocycles. The van der Waals surface area contributed by atoms with E-state index < -0.39 is 0 Å². The second kappa shape index (κ2) is 10.4. The molecule has 0 fully saturated rings. The molecule has 0 saturated carbocycles. The van der Waals surface area contributed by atoms with Crippen LogP contribution >= 0.6 is 33.2 Å². The van der Waals surface area contributed by atoms with Crippen molar-refractivity contribution >= 4 is 45.8 Å². The standard InChI is InChI=1S/C8H13ClO2S2/c9-8(4-3-6-11)13-12-7-2-1-5-10/h5-6,8H,1-4,7H2. The lowest BCUT2D eigenvalue weighted by atomic mass is 10.4. The van der Waals surface area contributed by atoms with Crippen LogP contribution in [0.25, 0.3) is 0 Å². The maximum Gasteiger partial charge on any atom is 0.120 e. The largest absolute Gasteiger partial charge is 0.303 e. The van der Waals surface area contributed by atoms with Crippen LogP contribution in [-0.4, -0.2) is 23.0 Å². The predicted octanol–water partition coefficient (Wildman–Crippen LogP) is 2.89. The Balaban J connectivity index is 3.11. The molecular formula is C8H13ClO2S2. The van der Waals surface area contributed by atoms with Gasteiger partial charge in [0.1, 0.15) is 12.6 Å². The average Bonchev–Trinajstić information content (AvgIpc) is 2.14. The third kappa shape index (κ3) is 10.2. The summed E-state index contributed by atoms with van der Waals surface area (Å²) in [5.41, 5.74) is 0. The number of carbonyl (C=O) groups excluding carboxylic acids is 2.